The van der Waals surface area contributed by atoms with Gasteiger partial charge in [-0.2, -0.15) is 0 Å². The van der Waals surface area contributed by atoms with Gasteiger partial charge in [-0.05, 0) is 31.1 Å². The molecule has 0 saturated carbocycles. The molecule has 416 valence electrons. The molecule has 0 spiro atoms. The number of hydrogen-bond donors (Lipinski definition) is 0. The minimum Gasteiger partial charge on any atom is -0.462 e. The van der Waals surface area contributed by atoms with Gasteiger partial charge in [0.2, 0.25) is 0 Å². The second kappa shape index (κ2) is 56.7. The van der Waals surface area contributed by atoms with Gasteiger partial charge in [0.1, 0.15) is 13.2 Å². The molecule has 0 rings (SSSR count). The molecular formula is C64H124O6. The van der Waals surface area contributed by atoms with Crippen LogP contribution < -0.4 is 0 Å². The average molecular weight is 990 g/mol. The number of carbonyl (C=O) groups excluding carboxylic acids is 3. The van der Waals surface area contributed by atoms with Crippen LogP contribution in [-0.4, -0.2) is 37.2 Å². The largest absolute Gasteiger partial charge is 0.462 e. The summed E-state index contributed by atoms with van der Waals surface area (Å²) in [7, 11) is 0. The smallest absolute Gasteiger partial charge is 0.306 e. The molecule has 0 aliphatic heterocycles. The highest BCUT2D eigenvalue weighted by molar-refractivity contribution is 5.71. The van der Waals surface area contributed by atoms with E-state index in [0.29, 0.717) is 19.3 Å². The molecule has 0 fully saturated rings. The lowest BCUT2D eigenvalue weighted by atomic mass is 10.0. The lowest BCUT2D eigenvalue weighted by molar-refractivity contribution is -0.167. The van der Waals surface area contributed by atoms with Crippen molar-refractivity contribution >= 4 is 17.9 Å². The van der Waals surface area contributed by atoms with E-state index in [-0.39, 0.29) is 31.1 Å². The molecule has 0 radical (unpaired) electrons. The maximum Gasteiger partial charge on any atom is 0.306 e. The molecule has 0 heterocycles. The fourth-order valence-corrected chi connectivity index (χ4v) is 9.93. The van der Waals surface area contributed by atoms with E-state index in [1.807, 2.05) is 0 Å². The van der Waals surface area contributed by atoms with Crippen molar-refractivity contribution in [3.05, 3.63) is 0 Å². The van der Waals surface area contributed by atoms with Crippen molar-refractivity contribution in [3.8, 4) is 0 Å². The molecule has 0 unspecified atom stereocenters. The highest BCUT2D eigenvalue weighted by atomic mass is 16.6. The lowest BCUT2D eigenvalue weighted by Crippen LogP contribution is -2.30. The molecule has 0 aliphatic carbocycles. The summed E-state index contributed by atoms with van der Waals surface area (Å²) in [5.41, 5.74) is 0. The molecule has 0 N–H and O–H groups in total. The van der Waals surface area contributed by atoms with Crippen molar-refractivity contribution in [2.45, 2.75) is 368 Å². The highest BCUT2D eigenvalue weighted by Gasteiger charge is 2.19. The summed E-state index contributed by atoms with van der Waals surface area (Å²) in [6.07, 6.45) is 62.4. The monoisotopic (exact) mass is 989 g/mol. The summed E-state index contributed by atoms with van der Waals surface area (Å²) in [5, 5.41) is 0. The Morgan fingerprint density at radius 2 is 0.471 bits per heavy atom. The molecule has 1 atom stereocenters. The number of rotatable bonds is 58. The zero-order valence-corrected chi connectivity index (χ0v) is 48.2. The number of hydrogen-bond acceptors (Lipinski definition) is 6. The number of ether oxygens (including phenoxy) is 3. The SMILES string of the molecule is CCCCCCCCCCCCCCCCCCCC(=O)OC[C@H](COC(=O)CCCCCCCCCCCCCCCC(C)C)OC(=O)CCCCCCCCCCCCCCCCCCC(C)C. The van der Waals surface area contributed by atoms with Gasteiger partial charge in [0.15, 0.2) is 6.10 Å². The van der Waals surface area contributed by atoms with E-state index in [1.165, 1.54) is 250 Å². The Morgan fingerprint density at radius 3 is 0.700 bits per heavy atom. The predicted octanol–water partition coefficient (Wildman–Crippen LogP) is 21.2. The van der Waals surface area contributed by atoms with E-state index < -0.39 is 6.10 Å². The van der Waals surface area contributed by atoms with Crippen molar-refractivity contribution < 1.29 is 28.6 Å². The van der Waals surface area contributed by atoms with Crippen LogP contribution in [0.5, 0.6) is 0 Å². The van der Waals surface area contributed by atoms with Gasteiger partial charge in [-0.3, -0.25) is 14.4 Å². The molecule has 0 aromatic carbocycles. The van der Waals surface area contributed by atoms with Gasteiger partial charge in [-0.1, -0.05) is 324 Å². The third kappa shape index (κ3) is 57.3. The summed E-state index contributed by atoms with van der Waals surface area (Å²) >= 11 is 0. The normalized spacial score (nSPS) is 12.0. The summed E-state index contributed by atoms with van der Waals surface area (Å²) in [6, 6.07) is 0. The molecule has 0 amide bonds. The van der Waals surface area contributed by atoms with E-state index in [1.54, 1.807) is 0 Å². The van der Waals surface area contributed by atoms with Crippen molar-refractivity contribution in [1.29, 1.82) is 0 Å². The zero-order chi connectivity index (χ0) is 51.1. The molecule has 0 saturated heterocycles. The first-order chi connectivity index (χ1) is 34.2. The zero-order valence-electron chi connectivity index (χ0n) is 48.2. The van der Waals surface area contributed by atoms with Gasteiger partial charge >= 0.3 is 17.9 Å². The second-order valence-electron chi connectivity index (χ2n) is 23.0. The van der Waals surface area contributed by atoms with Crippen LogP contribution in [0.1, 0.15) is 362 Å². The second-order valence-corrected chi connectivity index (χ2v) is 23.0. The number of carbonyl (C=O) groups is 3. The maximum absolute atomic E-state index is 12.9. The van der Waals surface area contributed by atoms with E-state index in [2.05, 4.69) is 34.6 Å². The number of esters is 3. The third-order valence-corrected chi connectivity index (χ3v) is 14.7. The van der Waals surface area contributed by atoms with E-state index >= 15 is 0 Å². The first-order valence-corrected chi connectivity index (χ1v) is 31.7. The van der Waals surface area contributed by atoms with Crippen LogP contribution >= 0.6 is 0 Å². The highest BCUT2D eigenvalue weighted by Crippen LogP contribution is 2.19. The average Bonchev–Trinajstić information content (AvgIpc) is 3.33. The fraction of sp³-hybridized carbons (Fsp3) is 0.953. The summed E-state index contributed by atoms with van der Waals surface area (Å²) in [5.74, 6) is 0.860. The Labute approximate surface area is 438 Å². The van der Waals surface area contributed by atoms with Gasteiger partial charge in [-0.15, -0.1) is 0 Å². The minimum atomic E-state index is -0.764. The molecule has 6 heteroatoms. The molecule has 0 aromatic heterocycles. The summed E-state index contributed by atoms with van der Waals surface area (Å²) in [4.78, 5) is 38.3. The van der Waals surface area contributed by atoms with Crippen molar-refractivity contribution in [2.75, 3.05) is 13.2 Å². The molecule has 70 heavy (non-hydrogen) atoms. The van der Waals surface area contributed by atoms with Crippen LogP contribution in [0.15, 0.2) is 0 Å². The van der Waals surface area contributed by atoms with Crippen LogP contribution in [0.4, 0.5) is 0 Å². The Hall–Kier alpha value is -1.59. The Bertz CT molecular complexity index is 1070. The van der Waals surface area contributed by atoms with E-state index in [9.17, 15) is 14.4 Å². The quantitative estimate of drug-likeness (QED) is 0.0343. The summed E-state index contributed by atoms with van der Waals surface area (Å²) < 4.78 is 17.0. The lowest BCUT2D eigenvalue weighted by Gasteiger charge is -2.18. The minimum absolute atomic E-state index is 0.0618. The Balaban J connectivity index is 4.29. The van der Waals surface area contributed by atoms with Crippen LogP contribution in [0, 0.1) is 11.8 Å². The third-order valence-electron chi connectivity index (χ3n) is 14.7. The van der Waals surface area contributed by atoms with E-state index in [0.717, 1.165) is 69.6 Å². The van der Waals surface area contributed by atoms with Crippen molar-refractivity contribution in [2.24, 2.45) is 11.8 Å². The fourth-order valence-electron chi connectivity index (χ4n) is 9.93. The maximum atomic E-state index is 12.9. The molecule has 0 bridgehead atoms. The molecule has 0 aliphatic rings. The first-order valence-electron chi connectivity index (χ1n) is 31.7. The van der Waals surface area contributed by atoms with Gasteiger partial charge in [0.25, 0.3) is 0 Å². The first kappa shape index (κ1) is 68.4. The Kier molecular flexibility index (Phi) is 55.4. The van der Waals surface area contributed by atoms with Gasteiger partial charge in [0, 0.05) is 19.3 Å². The van der Waals surface area contributed by atoms with Gasteiger partial charge in [-0.25, -0.2) is 0 Å². The standard InChI is InChI=1S/C64H124O6/c1-6-7-8-9-10-11-12-13-14-15-19-24-29-34-39-44-49-54-62(65)68-57-61(58-69-63(66)55-50-45-40-35-30-26-21-23-28-33-38-43-48-53-60(4)5)70-64(67)56-51-46-41-36-31-25-20-17-16-18-22-27-32-37-42-47-52-59(2)3/h59-61H,6-58H2,1-5H3/t61-/m1/s1. The van der Waals surface area contributed by atoms with Gasteiger partial charge in [0.05, 0.1) is 0 Å². The summed E-state index contributed by atoms with van der Waals surface area (Å²) in [6.45, 7) is 11.5. The van der Waals surface area contributed by atoms with E-state index in [4.69, 9.17) is 14.2 Å². The van der Waals surface area contributed by atoms with Crippen molar-refractivity contribution in [3.63, 3.8) is 0 Å². The van der Waals surface area contributed by atoms with Crippen molar-refractivity contribution in [1.82, 2.24) is 0 Å². The van der Waals surface area contributed by atoms with Gasteiger partial charge < -0.3 is 14.2 Å². The van der Waals surface area contributed by atoms with Crippen LogP contribution in [0.3, 0.4) is 0 Å². The molecule has 0 aromatic rings. The Morgan fingerprint density at radius 1 is 0.271 bits per heavy atom. The van der Waals surface area contributed by atoms with Crippen LogP contribution in [0.25, 0.3) is 0 Å². The molecular weight excluding hydrogens is 865 g/mol. The molecule has 6 nitrogen and oxygen atoms in total. The number of unbranched alkanes of at least 4 members (excludes halogenated alkanes) is 43. The van der Waals surface area contributed by atoms with Crippen LogP contribution in [0.2, 0.25) is 0 Å². The van der Waals surface area contributed by atoms with Crippen LogP contribution in [-0.2, 0) is 28.6 Å². The predicted molar refractivity (Wildman–Crippen MR) is 303 cm³/mol. The topological polar surface area (TPSA) is 78.9 Å².